The van der Waals surface area contributed by atoms with Crippen LogP contribution in [0.2, 0.25) is 5.02 Å². The van der Waals surface area contributed by atoms with Crippen LogP contribution in [0.1, 0.15) is 11.1 Å². The van der Waals surface area contributed by atoms with E-state index in [0.29, 0.717) is 28.2 Å². The Kier molecular flexibility index (Phi) is 4.85. The number of hydrogen-bond donors (Lipinski definition) is 1. The minimum atomic E-state index is -4.37. The van der Waals surface area contributed by atoms with Crippen LogP contribution >= 0.6 is 11.6 Å². The number of H-pyrrole nitrogens is 1. The number of aromatic amines is 1. The minimum Gasteiger partial charge on any atom is -0.278 e. The topological polar surface area (TPSA) is 77.2 Å². The van der Waals surface area contributed by atoms with Crippen molar-refractivity contribution in [2.75, 3.05) is 0 Å². The first-order valence-corrected chi connectivity index (χ1v) is 10.9. The average molecular weight is 494 g/mol. The van der Waals surface area contributed by atoms with Crippen molar-refractivity contribution in [3.05, 3.63) is 89.2 Å². The van der Waals surface area contributed by atoms with Crippen molar-refractivity contribution in [2.45, 2.75) is 12.7 Å². The van der Waals surface area contributed by atoms with E-state index in [2.05, 4.69) is 25.6 Å². The zero-order chi connectivity index (χ0) is 24.2. The summed E-state index contributed by atoms with van der Waals surface area (Å²) in [5.41, 5.74) is 4.44. The monoisotopic (exact) mass is 493 g/mol. The van der Waals surface area contributed by atoms with E-state index in [1.165, 1.54) is 12.1 Å². The van der Waals surface area contributed by atoms with Crippen molar-refractivity contribution < 1.29 is 13.2 Å². The lowest BCUT2D eigenvalue weighted by molar-refractivity contribution is -0.137. The number of nitrogens with zero attached hydrogens (tertiary/aromatic N) is 6. The molecule has 6 rings (SSSR count). The first-order chi connectivity index (χ1) is 16.9. The highest BCUT2D eigenvalue weighted by atomic mass is 35.5. The summed E-state index contributed by atoms with van der Waals surface area (Å²) in [6.45, 7) is 0.296. The summed E-state index contributed by atoms with van der Waals surface area (Å²) in [5, 5.41) is 21.3. The fourth-order valence-electron chi connectivity index (χ4n) is 4.05. The highest BCUT2D eigenvalue weighted by Crippen LogP contribution is 2.32. The Hall–Kier alpha value is -4.18. The van der Waals surface area contributed by atoms with Crippen LogP contribution in [0.15, 0.2) is 73.1 Å². The predicted molar refractivity (Wildman–Crippen MR) is 125 cm³/mol. The number of rotatable bonds is 4. The molecule has 0 radical (unpaired) electrons. The molecule has 7 nitrogen and oxygen atoms in total. The van der Waals surface area contributed by atoms with E-state index in [9.17, 15) is 13.2 Å². The number of alkyl halides is 3. The summed E-state index contributed by atoms with van der Waals surface area (Å²) < 4.78 is 42.1. The predicted octanol–water partition coefficient (Wildman–Crippen LogP) is 5.88. The molecule has 3 aromatic heterocycles. The van der Waals surface area contributed by atoms with Gasteiger partial charge < -0.3 is 0 Å². The second-order valence-electron chi connectivity index (χ2n) is 8.04. The van der Waals surface area contributed by atoms with Crippen molar-refractivity contribution in [1.82, 2.24) is 35.0 Å². The molecule has 6 aromatic rings. The van der Waals surface area contributed by atoms with Crippen LogP contribution in [0.25, 0.3) is 38.9 Å². The Labute approximate surface area is 200 Å². The molecule has 0 atom stereocenters. The average Bonchev–Trinajstić information content (AvgIpc) is 3.58. The molecule has 3 heterocycles. The van der Waals surface area contributed by atoms with Crippen LogP contribution in [0.4, 0.5) is 13.2 Å². The van der Waals surface area contributed by atoms with Gasteiger partial charge in [-0.05, 0) is 54.1 Å². The summed E-state index contributed by atoms with van der Waals surface area (Å²) in [4.78, 5) is 0. The van der Waals surface area contributed by atoms with Gasteiger partial charge in [-0.3, -0.25) is 9.78 Å². The third kappa shape index (κ3) is 3.81. The summed E-state index contributed by atoms with van der Waals surface area (Å²) in [6.07, 6.45) is -0.995. The SMILES string of the molecule is FC(F)(F)c1ccc(Cn2nccc2-c2cc(Cl)c3nnn(-c4ccc5cn[nH]c5c4)c3c2)cc1. The molecular formula is C24H15ClF3N7. The van der Waals surface area contributed by atoms with Gasteiger partial charge >= 0.3 is 6.18 Å². The normalized spacial score (nSPS) is 12.1. The number of benzene rings is 3. The Balaban J connectivity index is 1.39. The highest BCUT2D eigenvalue weighted by molar-refractivity contribution is 6.35. The first kappa shape index (κ1) is 21.4. The van der Waals surface area contributed by atoms with Crippen LogP contribution in [0.3, 0.4) is 0 Å². The third-order valence-electron chi connectivity index (χ3n) is 5.80. The quantitative estimate of drug-likeness (QED) is 0.332. The summed E-state index contributed by atoms with van der Waals surface area (Å²) in [5.74, 6) is 0. The Morgan fingerprint density at radius 3 is 2.60 bits per heavy atom. The van der Waals surface area contributed by atoms with Gasteiger partial charge in [0.2, 0.25) is 0 Å². The lowest BCUT2D eigenvalue weighted by atomic mass is 10.1. The lowest BCUT2D eigenvalue weighted by Crippen LogP contribution is -2.07. The Morgan fingerprint density at radius 1 is 0.971 bits per heavy atom. The van der Waals surface area contributed by atoms with Crippen LogP contribution in [0, 0.1) is 0 Å². The Bertz CT molecular complexity index is 1680. The summed E-state index contributed by atoms with van der Waals surface area (Å²) in [6, 6.07) is 16.3. The van der Waals surface area contributed by atoms with Crippen molar-refractivity contribution >= 4 is 33.5 Å². The molecule has 0 unspecified atom stereocenters. The molecule has 11 heteroatoms. The zero-order valence-corrected chi connectivity index (χ0v) is 18.6. The lowest BCUT2D eigenvalue weighted by Gasteiger charge is -2.11. The molecule has 1 N–H and O–H groups in total. The van der Waals surface area contributed by atoms with Gasteiger partial charge in [0, 0.05) is 17.1 Å². The van der Waals surface area contributed by atoms with Crippen LogP contribution < -0.4 is 0 Å². The van der Waals surface area contributed by atoms with Crippen LogP contribution in [0.5, 0.6) is 0 Å². The molecule has 0 aliphatic heterocycles. The van der Waals surface area contributed by atoms with E-state index in [4.69, 9.17) is 11.6 Å². The van der Waals surface area contributed by atoms with Gasteiger partial charge in [-0.1, -0.05) is 28.9 Å². The van der Waals surface area contributed by atoms with Crippen molar-refractivity contribution in [2.24, 2.45) is 0 Å². The molecule has 174 valence electrons. The number of halogens is 4. The van der Waals surface area contributed by atoms with Crippen LogP contribution in [-0.2, 0) is 12.7 Å². The fourth-order valence-corrected chi connectivity index (χ4v) is 4.31. The number of hydrogen-bond acceptors (Lipinski definition) is 4. The molecular weight excluding hydrogens is 479 g/mol. The molecule has 0 bridgehead atoms. The first-order valence-electron chi connectivity index (χ1n) is 10.5. The van der Waals surface area contributed by atoms with Gasteiger partial charge in [0.1, 0.15) is 5.52 Å². The minimum absolute atomic E-state index is 0.296. The molecule has 0 saturated carbocycles. The third-order valence-corrected chi connectivity index (χ3v) is 6.09. The van der Waals surface area contributed by atoms with E-state index in [-0.39, 0.29) is 0 Å². The van der Waals surface area contributed by atoms with Crippen LogP contribution in [-0.4, -0.2) is 35.0 Å². The second-order valence-corrected chi connectivity index (χ2v) is 8.44. The molecule has 0 aliphatic rings. The van der Waals surface area contributed by atoms with E-state index in [0.717, 1.165) is 40.0 Å². The molecule has 3 aromatic carbocycles. The van der Waals surface area contributed by atoms with E-state index < -0.39 is 11.7 Å². The second kappa shape index (κ2) is 7.95. The largest absolute Gasteiger partial charge is 0.416 e. The maximum atomic E-state index is 12.9. The zero-order valence-electron chi connectivity index (χ0n) is 17.8. The molecule has 35 heavy (non-hydrogen) atoms. The summed E-state index contributed by atoms with van der Waals surface area (Å²) in [7, 11) is 0. The van der Waals surface area contributed by atoms with Gasteiger partial charge in [-0.2, -0.15) is 23.4 Å². The van der Waals surface area contributed by atoms with E-state index >= 15 is 0 Å². The van der Waals surface area contributed by atoms with Gasteiger partial charge in [-0.15, -0.1) is 5.10 Å². The Morgan fingerprint density at radius 2 is 1.80 bits per heavy atom. The molecule has 0 saturated heterocycles. The number of aromatic nitrogens is 7. The van der Waals surface area contributed by atoms with Gasteiger partial charge in [-0.25, -0.2) is 4.68 Å². The molecule has 0 spiro atoms. The molecule has 0 aliphatic carbocycles. The van der Waals surface area contributed by atoms with E-state index in [1.807, 2.05) is 30.3 Å². The van der Waals surface area contributed by atoms with E-state index in [1.54, 1.807) is 27.8 Å². The maximum absolute atomic E-state index is 12.9. The molecule has 0 amide bonds. The summed E-state index contributed by atoms with van der Waals surface area (Å²) >= 11 is 6.56. The standard InChI is InChI=1S/C24H15ClF3N7/c25-19-9-16(21-7-8-30-34(21)13-14-1-4-17(5-2-14)24(26,27)28)10-22-23(19)32-33-35(22)18-6-3-15-12-29-31-20(15)11-18/h1-12H,13H2,(H,29,31). The van der Waals surface area contributed by atoms with Gasteiger partial charge in [0.05, 0.1) is 45.7 Å². The van der Waals surface area contributed by atoms with Crippen molar-refractivity contribution in [3.63, 3.8) is 0 Å². The maximum Gasteiger partial charge on any atom is 0.416 e. The van der Waals surface area contributed by atoms with Gasteiger partial charge in [0.15, 0.2) is 0 Å². The molecule has 0 fully saturated rings. The number of nitrogens with one attached hydrogen (secondary N) is 1. The van der Waals surface area contributed by atoms with Crippen molar-refractivity contribution in [1.29, 1.82) is 0 Å². The van der Waals surface area contributed by atoms with Crippen molar-refractivity contribution in [3.8, 4) is 16.9 Å². The smallest absolute Gasteiger partial charge is 0.278 e. The number of fused-ring (bicyclic) bond motifs is 2. The fraction of sp³-hybridized carbons (Fsp3) is 0.0833. The van der Waals surface area contributed by atoms with Gasteiger partial charge in [0.25, 0.3) is 0 Å². The highest BCUT2D eigenvalue weighted by Gasteiger charge is 2.30.